The summed E-state index contributed by atoms with van der Waals surface area (Å²) in [6.07, 6.45) is 3.52. The van der Waals surface area contributed by atoms with Crippen LogP contribution in [0.15, 0.2) is 48.9 Å². The van der Waals surface area contributed by atoms with Gasteiger partial charge in [-0.3, -0.25) is 0 Å². The van der Waals surface area contributed by atoms with Gasteiger partial charge in [0.1, 0.15) is 23.5 Å². The normalized spacial score (nSPS) is 9.52. The predicted molar refractivity (Wildman–Crippen MR) is 94.2 cm³/mol. The zero-order valence-electron chi connectivity index (χ0n) is 13.0. The van der Waals surface area contributed by atoms with Gasteiger partial charge in [-0.05, 0) is 31.2 Å². The van der Waals surface area contributed by atoms with Crippen LogP contribution in [-0.2, 0) is 0 Å². The molecular formula is C18H11Cl2FN4. The fraction of sp³-hybridized carbons (Fsp3) is 0.0556. The Morgan fingerprint density at radius 1 is 1.00 bits per heavy atom. The van der Waals surface area contributed by atoms with E-state index in [4.69, 9.17) is 33.7 Å². The molecular weight excluding hydrogens is 362 g/mol. The molecule has 0 N–H and O–H groups in total. The Kier molecular flexibility index (Phi) is 6.14. The van der Waals surface area contributed by atoms with Crippen molar-refractivity contribution in [1.29, 1.82) is 10.5 Å². The number of benzene rings is 2. The van der Waals surface area contributed by atoms with Gasteiger partial charge in [0, 0.05) is 6.20 Å². The first-order chi connectivity index (χ1) is 12.0. The number of aryl methyl sites for hydroxylation is 1. The Morgan fingerprint density at radius 2 is 1.60 bits per heavy atom. The minimum absolute atomic E-state index is 0.0934. The van der Waals surface area contributed by atoms with Crippen molar-refractivity contribution in [2.45, 2.75) is 6.92 Å². The molecule has 2 aromatic carbocycles. The predicted octanol–water partition coefficient (Wildman–Crippen LogP) is 5.06. The lowest BCUT2D eigenvalue weighted by molar-refractivity contribution is 0.624. The zero-order valence-corrected chi connectivity index (χ0v) is 14.6. The molecule has 0 spiro atoms. The Labute approximate surface area is 154 Å². The fourth-order valence-electron chi connectivity index (χ4n) is 2.00. The maximum atomic E-state index is 12.5. The minimum Gasteiger partial charge on any atom is -0.305 e. The van der Waals surface area contributed by atoms with Crippen LogP contribution in [0.1, 0.15) is 16.8 Å². The van der Waals surface area contributed by atoms with Crippen LogP contribution < -0.4 is 0 Å². The van der Waals surface area contributed by atoms with Gasteiger partial charge in [0.15, 0.2) is 0 Å². The zero-order chi connectivity index (χ0) is 18.4. The van der Waals surface area contributed by atoms with Crippen LogP contribution in [0.4, 0.5) is 4.39 Å². The number of halogens is 3. The van der Waals surface area contributed by atoms with Crippen LogP contribution >= 0.6 is 23.2 Å². The molecule has 0 aliphatic heterocycles. The van der Waals surface area contributed by atoms with Crippen molar-refractivity contribution < 1.29 is 4.39 Å². The van der Waals surface area contributed by atoms with E-state index in [9.17, 15) is 4.39 Å². The minimum atomic E-state index is -0.574. The van der Waals surface area contributed by atoms with Crippen molar-refractivity contribution in [1.82, 2.24) is 9.55 Å². The third-order valence-electron chi connectivity index (χ3n) is 3.17. The van der Waals surface area contributed by atoms with E-state index in [0.717, 1.165) is 11.4 Å². The lowest BCUT2D eigenvalue weighted by Crippen LogP contribution is -1.94. The Hall–Kier alpha value is -2.86. The van der Waals surface area contributed by atoms with Crippen LogP contribution in [0.25, 0.3) is 5.69 Å². The standard InChI is InChI=1S/C11H8ClN3.C7H3ClFN/c1-8-6-15(7-14-8)11-4-2-3-10(12)9(11)5-13;8-6-2-1-3-7(9)5(6)4-10/h2-4,6-7H,1H3;1-3H. The first kappa shape index (κ1) is 18.5. The van der Waals surface area contributed by atoms with Crippen LogP contribution in [0.3, 0.4) is 0 Å². The molecule has 0 unspecified atom stereocenters. The number of imidazole rings is 1. The number of nitriles is 2. The Bertz CT molecular complexity index is 963. The molecule has 124 valence electrons. The molecule has 0 saturated carbocycles. The van der Waals surface area contributed by atoms with E-state index in [1.807, 2.05) is 25.3 Å². The maximum Gasteiger partial charge on any atom is 0.142 e. The summed E-state index contributed by atoms with van der Waals surface area (Å²) in [7, 11) is 0. The van der Waals surface area contributed by atoms with Crippen molar-refractivity contribution in [3.05, 3.63) is 81.6 Å². The topological polar surface area (TPSA) is 65.4 Å². The molecule has 0 fully saturated rings. The second-order valence-electron chi connectivity index (χ2n) is 4.88. The number of nitrogens with zero attached hydrogens (tertiary/aromatic N) is 4. The van der Waals surface area contributed by atoms with E-state index in [-0.39, 0.29) is 10.6 Å². The van der Waals surface area contributed by atoms with E-state index < -0.39 is 5.82 Å². The first-order valence-electron chi connectivity index (χ1n) is 7.01. The van der Waals surface area contributed by atoms with E-state index in [2.05, 4.69) is 11.1 Å². The van der Waals surface area contributed by atoms with Gasteiger partial charge in [0.2, 0.25) is 0 Å². The molecule has 0 saturated heterocycles. The molecule has 1 heterocycles. The van der Waals surface area contributed by atoms with Crippen LogP contribution in [-0.4, -0.2) is 9.55 Å². The van der Waals surface area contributed by atoms with Gasteiger partial charge in [-0.15, -0.1) is 0 Å². The number of rotatable bonds is 1. The molecule has 7 heteroatoms. The third-order valence-corrected chi connectivity index (χ3v) is 3.80. The van der Waals surface area contributed by atoms with Gasteiger partial charge in [-0.25, -0.2) is 9.37 Å². The summed E-state index contributed by atoms with van der Waals surface area (Å²) in [6, 6.07) is 13.2. The summed E-state index contributed by atoms with van der Waals surface area (Å²) in [5.41, 5.74) is 2.03. The van der Waals surface area contributed by atoms with Gasteiger partial charge < -0.3 is 4.57 Å². The number of hydrogen-bond acceptors (Lipinski definition) is 3. The van der Waals surface area contributed by atoms with E-state index in [0.29, 0.717) is 10.6 Å². The van der Waals surface area contributed by atoms with Crippen molar-refractivity contribution in [3.8, 4) is 17.8 Å². The lowest BCUT2D eigenvalue weighted by Gasteiger charge is -2.05. The summed E-state index contributed by atoms with van der Waals surface area (Å²) in [5, 5.41) is 17.9. The van der Waals surface area contributed by atoms with Crippen LogP contribution in [0, 0.1) is 35.4 Å². The number of hydrogen-bond donors (Lipinski definition) is 0. The van der Waals surface area contributed by atoms with Gasteiger partial charge in [0.25, 0.3) is 0 Å². The molecule has 3 rings (SSSR count). The molecule has 0 aliphatic carbocycles. The lowest BCUT2D eigenvalue weighted by atomic mass is 10.2. The summed E-state index contributed by atoms with van der Waals surface area (Å²) in [6.45, 7) is 1.90. The smallest absolute Gasteiger partial charge is 0.142 e. The summed E-state index contributed by atoms with van der Waals surface area (Å²) in [4.78, 5) is 4.11. The highest BCUT2D eigenvalue weighted by atomic mass is 35.5. The van der Waals surface area contributed by atoms with Crippen molar-refractivity contribution in [2.24, 2.45) is 0 Å². The Balaban J connectivity index is 0.000000196. The molecule has 0 atom stereocenters. The summed E-state index contributed by atoms with van der Waals surface area (Å²) in [5.74, 6) is -0.574. The summed E-state index contributed by atoms with van der Waals surface area (Å²) < 4.78 is 14.3. The highest BCUT2D eigenvalue weighted by Crippen LogP contribution is 2.22. The average Bonchev–Trinajstić information content (AvgIpc) is 3.02. The highest BCUT2D eigenvalue weighted by Gasteiger charge is 2.07. The van der Waals surface area contributed by atoms with Crippen molar-refractivity contribution >= 4 is 23.2 Å². The Morgan fingerprint density at radius 3 is 2.08 bits per heavy atom. The first-order valence-corrected chi connectivity index (χ1v) is 7.77. The van der Waals surface area contributed by atoms with Crippen LogP contribution in [0.5, 0.6) is 0 Å². The van der Waals surface area contributed by atoms with Gasteiger partial charge in [-0.2, -0.15) is 10.5 Å². The highest BCUT2D eigenvalue weighted by molar-refractivity contribution is 6.32. The monoisotopic (exact) mass is 372 g/mol. The van der Waals surface area contributed by atoms with E-state index in [1.165, 1.54) is 18.2 Å². The molecule has 3 aromatic rings. The van der Waals surface area contributed by atoms with Gasteiger partial charge in [0.05, 0.1) is 33.3 Å². The van der Waals surface area contributed by atoms with Crippen LogP contribution in [0.2, 0.25) is 10.0 Å². The maximum absolute atomic E-state index is 12.5. The largest absolute Gasteiger partial charge is 0.305 e. The molecule has 1 aromatic heterocycles. The molecule has 0 radical (unpaired) electrons. The quantitative estimate of drug-likeness (QED) is 0.599. The molecule has 0 aliphatic rings. The molecule has 25 heavy (non-hydrogen) atoms. The third kappa shape index (κ3) is 4.36. The van der Waals surface area contributed by atoms with Gasteiger partial charge >= 0.3 is 0 Å². The second-order valence-corrected chi connectivity index (χ2v) is 5.69. The SMILES string of the molecule is Cc1cn(-c2cccc(Cl)c2C#N)cn1.N#Cc1c(F)cccc1Cl. The van der Waals surface area contributed by atoms with E-state index >= 15 is 0 Å². The molecule has 0 bridgehead atoms. The van der Waals surface area contributed by atoms with E-state index in [1.54, 1.807) is 23.0 Å². The second kappa shape index (κ2) is 8.30. The van der Waals surface area contributed by atoms with Crippen molar-refractivity contribution in [3.63, 3.8) is 0 Å². The fourth-order valence-corrected chi connectivity index (χ4v) is 2.41. The summed E-state index contributed by atoms with van der Waals surface area (Å²) >= 11 is 11.4. The van der Waals surface area contributed by atoms with Gasteiger partial charge in [-0.1, -0.05) is 35.3 Å². The molecule has 4 nitrogen and oxygen atoms in total. The number of aromatic nitrogens is 2. The average molecular weight is 373 g/mol. The molecule has 0 amide bonds. The van der Waals surface area contributed by atoms with Crippen molar-refractivity contribution in [2.75, 3.05) is 0 Å².